The number of ether oxygens (including phenoxy) is 1. The van der Waals surface area contributed by atoms with Gasteiger partial charge in [0.25, 0.3) is 5.91 Å². The number of carbonyl (C=O) groups excluding carboxylic acids is 1. The molecule has 0 aromatic heterocycles. The van der Waals surface area contributed by atoms with E-state index in [2.05, 4.69) is 5.10 Å². The van der Waals surface area contributed by atoms with Crippen molar-refractivity contribution in [1.29, 1.82) is 0 Å². The normalized spacial score (nSPS) is 14.2. The second kappa shape index (κ2) is 9.29. The van der Waals surface area contributed by atoms with Crippen molar-refractivity contribution >= 4 is 35.3 Å². The Kier molecular flexibility index (Phi) is 6.09. The number of carboxylic acids is 2. The number of hydrogen-bond donors (Lipinski definition) is 3. The topological polar surface area (TPSA) is 137 Å². The highest BCUT2D eigenvalue weighted by atomic mass is 16.5. The van der Waals surface area contributed by atoms with Gasteiger partial charge in [-0.15, -0.1) is 0 Å². The van der Waals surface area contributed by atoms with Crippen LogP contribution in [0.25, 0.3) is 6.08 Å². The van der Waals surface area contributed by atoms with Gasteiger partial charge in [-0.1, -0.05) is 42.5 Å². The number of hydrazone groups is 1. The predicted octanol–water partition coefficient (Wildman–Crippen LogP) is 3.54. The molecule has 0 radical (unpaired) electrons. The van der Waals surface area contributed by atoms with E-state index >= 15 is 0 Å². The Morgan fingerprint density at radius 1 is 0.941 bits per heavy atom. The fourth-order valence-electron chi connectivity index (χ4n) is 3.29. The summed E-state index contributed by atoms with van der Waals surface area (Å²) in [5.74, 6) is -3.31. The molecule has 0 atom stereocenters. The number of aromatic hydroxyl groups is 1. The zero-order chi connectivity index (χ0) is 24.2. The Balaban J connectivity index is 1.65. The van der Waals surface area contributed by atoms with E-state index in [-0.39, 0.29) is 34.9 Å². The first-order chi connectivity index (χ1) is 16.3. The van der Waals surface area contributed by atoms with Gasteiger partial charge in [-0.05, 0) is 47.5 Å². The number of carboxylic acid groups (broad SMARTS) is 2. The second-order valence-electron chi connectivity index (χ2n) is 7.29. The molecule has 0 bridgehead atoms. The van der Waals surface area contributed by atoms with Crippen molar-refractivity contribution in [2.75, 3.05) is 5.01 Å². The zero-order valence-corrected chi connectivity index (χ0v) is 17.6. The van der Waals surface area contributed by atoms with Crippen LogP contribution in [0.15, 0.2) is 83.5 Å². The van der Waals surface area contributed by atoms with Crippen LogP contribution < -0.4 is 9.75 Å². The van der Waals surface area contributed by atoms with Crippen LogP contribution in [0.1, 0.15) is 21.5 Å². The lowest BCUT2D eigenvalue weighted by molar-refractivity contribution is -0.129. The number of carbonyl (C=O) groups is 3. The first kappa shape index (κ1) is 22.3. The lowest BCUT2D eigenvalue weighted by Gasteiger charge is -2.12. The van der Waals surface area contributed by atoms with E-state index < -0.39 is 23.6 Å². The Bertz CT molecular complexity index is 1350. The maximum Gasteiger partial charge on any atom is 0.357 e. The van der Waals surface area contributed by atoms with Gasteiger partial charge in [-0.3, -0.25) is 4.79 Å². The van der Waals surface area contributed by atoms with Crippen LogP contribution in [0, 0.1) is 0 Å². The Labute approximate surface area is 193 Å². The number of hydrogen-bond acceptors (Lipinski definition) is 6. The van der Waals surface area contributed by atoms with E-state index in [4.69, 9.17) is 4.74 Å². The third kappa shape index (κ3) is 4.63. The molecule has 3 aromatic carbocycles. The number of nitrogens with zero attached hydrogens (tertiary/aromatic N) is 2. The van der Waals surface area contributed by atoms with Gasteiger partial charge in [0.05, 0.1) is 16.8 Å². The number of amides is 1. The molecular weight excluding hydrogens is 440 g/mol. The molecular formula is C25H18N2O7. The van der Waals surface area contributed by atoms with Crippen LogP contribution in [-0.4, -0.2) is 38.9 Å². The smallest absolute Gasteiger partial charge is 0.357 e. The maximum atomic E-state index is 13.0. The average Bonchev–Trinajstić information content (AvgIpc) is 3.16. The molecule has 0 spiro atoms. The van der Waals surface area contributed by atoms with Crippen LogP contribution in [-0.2, 0) is 16.2 Å². The van der Waals surface area contributed by atoms with Crippen molar-refractivity contribution in [3.8, 4) is 11.5 Å². The number of anilines is 1. The summed E-state index contributed by atoms with van der Waals surface area (Å²) in [6, 6.07) is 19.1. The van der Waals surface area contributed by atoms with Gasteiger partial charge in [0.1, 0.15) is 6.61 Å². The van der Waals surface area contributed by atoms with Gasteiger partial charge in [-0.25, -0.2) is 9.59 Å². The molecule has 0 saturated heterocycles. The summed E-state index contributed by atoms with van der Waals surface area (Å²) < 4.78 is 5.68. The average molecular weight is 458 g/mol. The molecule has 9 nitrogen and oxygen atoms in total. The Hall–Kier alpha value is -4.92. The Morgan fingerprint density at radius 2 is 1.71 bits per heavy atom. The molecule has 1 amide bonds. The van der Waals surface area contributed by atoms with E-state index in [1.165, 1.54) is 48.5 Å². The van der Waals surface area contributed by atoms with Gasteiger partial charge in [-0.2, -0.15) is 10.1 Å². The number of aromatic carboxylic acids is 1. The quantitative estimate of drug-likeness (QED) is 0.461. The summed E-state index contributed by atoms with van der Waals surface area (Å²) >= 11 is 0. The Morgan fingerprint density at radius 3 is 2.41 bits per heavy atom. The van der Waals surface area contributed by atoms with Gasteiger partial charge in [0.2, 0.25) is 0 Å². The van der Waals surface area contributed by atoms with Crippen molar-refractivity contribution in [3.05, 3.63) is 95.1 Å². The summed E-state index contributed by atoms with van der Waals surface area (Å²) in [6.45, 7) is 0.197. The van der Waals surface area contributed by atoms with Crippen LogP contribution in [0.2, 0.25) is 0 Å². The number of phenolic OH excluding ortho intramolecular Hbond substituents is 1. The van der Waals surface area contributed by atoms with Crippen LogP contribution in [0.4, 0.5) is 5.69 Å². The van der Waals surface area contributed by atoms with Crippen molar-refractivity contribution < 1.29 is 34.4 Å². The minimum Gasteiger partial charge on any atom is -0.504 e. The molecule has 3 aromatic rings. The van der Waals surface area contributed by atoms with Gasteiger partial charge in [0.15, 0.2) is 17.2 Å². The lowest BCUT2D eigenvalue weighted by Crippen LogP contribution is -2.22. The van der Waals surface area contributed by atoms with Crippen LogP contribution >= 0.6 is 0 Å². The molecule has 0 saturated carbocycles. The van der Waals surface area contributed by atoms with Gasteiger partial charge in [0, 0.05) is 0 Å². The van der Waals surface area contributed by atoms with E-state index in [0.29, 0.717) is 5.56 Å². The number of benzene rings is 3. The molecule has 4 rings (SSSR count). The fourth-order valence-corrected chi connectivity index (χ4v) is 3.29. The summed E-state index contributed by atoms with van der Waals surface area (Å²) in [7, 11) is 0. The minimum absolute atomic E-state index is 0.0754. The van der Waals surface area contributed by atoms with Crippen LogP contribution in [0.5, 0.6) is 11.5 Å². The van der Waals surface area contributed by atoms with Gasteiger partial charge >= 0.3 is 11.9 Å². The van der Waals surface area contributed by atoms with E-state index in [0.717, 1.165) is 10.6 Å². The highest BCUT2D eigenvalue weighted by molar-refractivity contribution is 6.53. The maximum absolute atomic E-state index is 13.0. The molecule has 34 heavy (non-hydrogen) atoms. The minimum atomic E-state index is -1.42. The summed E-state index contributed by atoms with van der Waals surface area (Å²) in [6.07, 6.45) is 1.32. The third-order valence-corrected chi connectivity index (χ3v) is 4.95. The molecule has 0 unspecified atom stereocenters. The first-order valence-electron chi connectivity index (χ1n) is 10.0. The van der Waals surface area contributed by atoms with E-state index in [1.54, 1.807) is 0 Å². The molecule has 0 fully saturated rings. The summed E-state index contributed by atoms with van der Waals surface area (Å²) in [5.41, 5.74) is 0.632. The van der Waals surface area contributed by atoms with Crippen molar-refractivity contribution in [2.24, 2.45) is 5.10 Å². The predicted molar refractivity (Wildman–Crippen MR) is 123 cm³/mol. The molecule has 1 aliphatic rings. The number of rotatable bonds is 7. The molecule has 1 aliphatic heterocycles. The van der Waals surface area contributed by atoms with Crippen molar-refractivity contribution in [2.45, 2.75) is 6.61 Å². The van der Waals surface area contributed by atoms with Crippen molar-refractivity contribution in [3.63, 3.8) is 0 Å². The van der Waals surface area contributed by atoms with Crippen LogP contribution in [0.3, 0.4) is 0 Å². The SMILES string of the molecule is O=C(O)C1=NN(c2cccc(C(=O)O)c2)C(=O)/C1=C\c1ccc(O)c(OCc2ccccc2)c1. The lowest BCUT2D eigenvalue weighted by atomic mass is 10.1. The molecule has 170 valence electrons. The highest BCUT2D eigenvalue weighted by Crippen LogP contribution is 2.31. The zero-order valence-electron chi connectivity index (χ0n) is 17.6. The summed E-state index contributed by atoms with van der Waals surface area (Å²) in [4.78, 5) is 36.0. The standard InChI is InChI=1S/C25H18N2O7/c28-20-10-9-16(12-21(20)34-14-15-5-2-1-3-6-15)11-19-22(25(32)33)26-27(23(19)29)18-8-4-7-17(13-18)24(30)31/h1-13,28H,14H2,(H,30,31)(H,32,33)/b19-11-. The number of aliphatic carboxylic acids is 1. The monoisotopic (exact) mass is 458 g/mol. The third-order valence-electron chi connectivity index (χ3n) is 4.95. The van der Waals surface area contributed by atoms with E-state index in [1.807, 2.05) is 30.3 Å². The highest BCUT2D eigenvalue weighted by Gasteiger charge is 2.35. The van der Waals surface area contributed by atoms with Gasteiger partial charge < -0.3 is 20.1 Å². The van der Waals surface area contributed by atoms with Crippen molar-refractivity contribution in [1.82, 2.24) is 0 Å². The molecule has 9 heteroatoms. The fraction of sp³-hybridized carbons (Fsp3) is 0.0400. The largest absolute Gasteiger partial charge is 0.504 e. The number of phenols is 1. The summed E-state index contributed by atoms with van der Waals surface area (Å²) in [5, 5.41) is 33.7. The molecule has 1 heterocycles. The molecule has 0 aliphatic carbocycles. The first-order valence-corrected chi connectivity index (χ1v) is 10.0. The molecule has 3 N–H and O–H groups in total. The van der Waals surface area contributed by atoms with E-state index in [9.17, 15) is 29.7 Å². The second-order valence-corrected chi connectivity index (χ2v) is 7.29.